The summed E-state index contributed by atoms with van der Waals surface area (Å²) in [6.07, 6.45) is 4.94. The van der Waals surface area contributed by atoms with E-state index in [0.29, 0.717) is 19.0 Å². The molecule has 2 heterocycles. The van der Waals surface area contributed by atoms with Crippen molar-refractivity contribution < 1.29 is 9.53 Å². The average molecular weight is 488 g/mol. The molecule has 2 aromatic rings. The molecule has 0 aliphatic carbocycles. The largest absolute Gasteiger partial charge is 0.494 e. The third-order valence-electron chi connectivity index (χ3n) is 6.73. The van der Waals surface area contributed by atoms with Crippen LogP contribution < -0.4 is 15.0 Å². The van der Waals surface area contributed by atoms with Crippen LogP contribution in [-0.4, -0.2) is 49.2 Å². The van der Waals surface area contributed by atoms with Gasteiger partial charge in [-0.15, -0.1) is 0 Å². The number of urea groups is 1. The van der Waals surface area contributed by atoms with Gasteiger partial charge in [-0.05, 0) is 87.9 Å². The highest BCUT2D eigenvalue weighted by Crippen LogP contribution is 2.36. The molecule has 0 saturated carbocycles. The van der Waals surface area contributed by atoms with Gasteiger partial charge >= 0.3 is 6.03 Å². The Labute approximate surface area is 214 Å². The van der Waals surface area contributed by atoms with Crippen LogP contribution in [0.2, 0.25) is 0 Å². The summed E-state index contributed by atoms with van der Waals surface area (Å²) in [4.78, 5) is 26.8. The number of amidine groups is 1. The lowest BCUT2D eigenvalue weighted by molar-refractivity contribution is 0.252. The van der Waals surface area contributed by atoms with Crippen LogP contribution in [0.4, 0.5) is 16.2 Å². The van der Waals surface area contributed by atoms with Gasteiger partial charge in [0.2, 0.25) is 0 Å². The molecule has 0 aromatic heterocycles. The molecule has 2 aliphatic heterocycles. The number of rotatable bonds is 9. The lowest BCUT2D eigenvalue weighted by atomic mass is 10.0. The summed E-state index contributed by atoms with van der Waals surface area (Å²) in [5, 5.41) is 3.05. The number of likely N-dealkylation sites (tertiary alicyclic amines) is 1. The number of nitrogens with zero attached hydrogens (tertiary/aromatic N) is 4. The van der Waals surface area contributed by atoms with Crippen molar-refractivity contribution in [3.8, 4) is 5.75 Å². The molecule has 0 radical (unpaired) electrons. The van der Waals surface area contributed by atoms with Gasteiger partial charge in [-0.2, -0.15) is 0 Å². The highest BCUT2D eigenvalue weighted by molar-refractivity contribution is 6.16. The number of benzene rings is 2. The van der Waals surface area contributed by atoms with Crippen molar-refractivity contribution in [3.05, 3.63) is 65.4 Å². The predicted molar refractivity (Wildman–Crippen MR) is 148 cm³/mol. The quantitative estimate of drug-likeness (QED) is 0.344. The maximum Gasteiger partial charge on any atom is 0.328 e. The van der Waals surface area contributed by atoms with E-state index in [-0.39, 0.29) is 12.1 Å². The summed E-state index contributed by atoms with van der Waals surface area (Å²) in [6.45, 7) is 15.3. The monoisotopic (exact) mass is 487 g/mol. The van der Waals surface area contributed by atoms with Crippen molar-refractivity contribution in [2.75, 3.05) is 31.1 Å². The first-order chi connectivity index (χ1) is 17.4. The number of ether oxygens (including phenoxy) is 1. The maximum absolute atomic E-state index is 13.3. The van der Waals surface area contributed by atoms with E-state index in [2.05, 4.69) is 27.9 Å². The summed E-state index contributed by atoms with van der Waals surface area (Å²) >= 11 is 0. The van der Waals surface area contributed by atoms with Crippen LogP contribution in [0, 0.1) is 13.8 Å². The highest BCUT2D eigenvalue weighted by Gasteiger charge is 2.39. The van der Waals surface area contributed by atoms with E-state index in [1.54, 1.807) is 11.1 Å². The van der Waals surface area contributed by atoms with Crippen molar-refractivity contribution >= 4 is 29.5 Å². The van der Waals surface area contributed by atoms with Crippen LogP contribution in [0.15, 0.2) is 58.7 Å². The Morgan fingerprint density at radius 1 is 1.19 bits per heavy atom. The molecule has 7 heteroatoms. The SMILES string of the molecule is C=C1CCCN1CCCN=C1NC(=O)N(c2ccc(C)c(N=CC)c2)C1c1ccc(OCC)c(C)c1. The number of nitrogens with one attached hydrogen (secondary N) is 1. The lowest BCUT2D eigenvalue weighted by Crippen LogP contribution is -2.29. The Morgan fingerprint density at radius 3 is 2.72 bits per heavy atom. The fraction of sp³-hybridized carbons (Fsp3) is 0.414. The van der Waals surface area contributed by atoms with E-state index >= 15 is 0 Å². The zero-order chi connectivity index (χ0) is 25.7. The van der Waals surface area contributed by atoms with Gasteiger partial charge < -0.3 is 9.64 Å². The minimum absolute atomic E-state index is 0.187. The number of aliphatic imine (C=N–C) groups is 2. The minimum Gasteiger partial charge on any atom is -0.494 e. The van der Waals surface area contributed by atoms with Crippen molar-refractivity contribution in [1.82, 2.24) is 10.2 Å². The van der Waals surface area contributed by atoms with Gasteiger partial charge in [0.1, 0.15) is 17.6 Å². The number of hydrogen-bond acceptors (Lipinski definition) is 5. The van der Waals surface area contributed by atoms with E-state index < -0.39 is 0 Å². The smallest absolute Gasteiger partial charge is 0.328 e. The second kappa shape index (κ2) is 11.4. The normalized spacial score (nSPS) is 19.1. The van der Waals surface area contributed by atoms with Crippen LogP contribution in [-0.2, 0) is 0 Å². The second-order valence-corrected chi connectivity index (χ2v) is 9.30. The van der Waals surface area contributed by atoms with Crippen molar-refractivity contribution in [2.45, 2.75) is 53.0 Å². The van der Waals surface area contributed by atoms with Gasteiger partial charge in [0, 0.05) is 37.2 Å². The molecule has 0 bridgehead atoms. The lowest BCUT2D eigenvalue weighted by Gasteiger charge is -2.25. The molecule has 2 aromatic carbocycles. The molecule has 0 spiro atoms. The summed E-state index contributed by atoms with van der Waals surface area (Å²) in [6, 6.07) is 11.5. The van der Waals surface area contributed by atoms with Crippen LogP contribution in [0.25, 0.3) is 0 Å². The van der Waals surface area contributed by atoms with E-state index in [4.69, 9.17) is 9.73 Å². The zero-order valence-electron chi connectivity index (χ0n) is 21.9. The first-order valence-electron chi connectivity index (χ1n) is 12.8. The molecule has 36 heavy (non-hydrogen) atoms. The average Bonchev–Trinajstić information content (AvgIpc) is 3.42. The van der Waals surface area contributed by atoms with Crippen molar-refractivity contribution in [2.24, 2.45) is 9.98 Å². The molecule has 7 nitrogen and oxygen atoms in total. The van der Waals surface area contributed by atoms with Crippen molar-refractivity contribution in [3.63, 3.8) is 0 Å². The molecule has 2 aliphatic rings. The van der Waals surface area contributed by atoms with E-state index in [1.165, 1.54) is 12.1 Å². The topological polar surface area (TPSA) is 69.5 Å². The maximum atomic E-state index is 13.3. The number of allylic oxidation sites excluding steroid dienone is 1. The number of anilines is 1. The van der Waals surface area contributed by atoms with Crippen LogP contribution in [0.1, 0.15) is 55.8 Å². The van der Waals surface area contributed by atoms with Gasteiger partial charge in [0.15, 0.2) is 0 Å². The molecular formula is C29H37N5O2. The molecule has 1 N–H and O–H groups in total. The molecule has 1 unspecified atom stereocenters. The molecule has 2 fully saturated rings. The van der Waals surface area contributed by atoms with Gasteiger partial charge in [0.05, 0.1) is 12.3 Å². The summed E-state index contributed by atoms with van der Waals surface area (Å²) in [5.41, 5.74) is 5.93. The number of carbonyl (C=O) groups is 1. The Hall–Kier alpha value is -3.61. The first kappa shape index (κ1) is 25.5. The Balaban J connectivity index is 1.66. The highest BCUT2D eigenvalue weighted by atomic mass is 16.5. The molecule has 2 amide bonds. The standard InChI is InChI=1S/C29H37N5O2/c1-6-30-25-19-24(13-11-20(25)3)34-27(23-12-14-26(36-7-2)21(4)18-23)28(32-29(34)35)31-15-9-17-33-16-8-10-22(33)5/h6,11-14,18-19,27H,5,7-10,15-17H2,1-4H3,(H,31,32,35). The van der Waals surface area contributed by atoms with Gasteiger partial charge in [-0.3, -0.25) is 20.2 Å². The van der Waals surface area contributed by atoms with E-state index in [1.807, 2.05) is 58.0 Å². The van der Waals surface area contributed by atoms with Crippen LogP contribution >= 0.6 is 0 Å². The van der Waals surface area contributed by atoms with Crippen LogP contribution in [0.3, 0.4) is 0 Å². The van der Waals surface area contributed by atoms with E-state index in [0.717, 1.165) is 59.7 Å². The van der Waals surface area contributed by atoms with Crippen molar-refractivity contribution in [1.29, 1.82) is 0 Å². The Bertz CT molecular complexity index is 1190. The summed E-state index contributed by atoms with van der Waals surface area (Å²) < 4.78 is 5.75. The molecule has 190 valence electrons. The molecular weight excluding hydrogens is 450 g/mol. The van der Waals surface area contributed by atoms with Gasteiger partial charge in [0.25, 0.3) is 0 Å². The third kappa shape index (κ3) is 5.45. The summed E-state index contributed by atoms with van der Waals surface area (Å²) in [5.74, 6) is 1.52. The molecule has 1 atom stereocenters. The summed E-state index contributed by atoms with van der Waals surface area (Å²) in [7, 11) is 0. The fourth-order valence-corrected chi connectivity index (χ4v) is 4.88. The Kier molecular flexibility index (Phi) is 8.08. The first-order valence-corrected chi connectivity index (χ1v) is 12.8. The number of aryl methyl sites for hydroxylation is 2. The zero-order valence-corrected chi connectivity index (χ0v) is 21.9. The number of carbonyl (C=O) groups excluding carboxylic acids is 1. The molecule has 4 rings (SSSR count). The fourth-order valence-electron chi connectivity index (χ4n) is 4.88. The third-order valence-corrected chi connectivity index (χ3v) is 6.73. The number of amides is 2. The van der Waals surface area contributed by atoms with Crippen LogP contribution in [0.5, 0.6) is 5.75 Å². The Morgan fingerprint density at radius 2 is 2.03 bits per heavy atom. The second-order valence-electron chi connectivity index (χ2n) is 9.30. The van der Waals surface area contributed by atoms with E-state index in [9.17, 15) is 4.79 Å². The molecule has 2 saturated heterocycles. The van der Waals surface area contributed by atoms with Gasteiger partial charge in [-0.1, -0.05) is 18.7 Å². The predicted octanol–water partition coefficient (Wildman–Crippen LogP) is 6.09. The van der Waals surface area contributed by atoms with Gasteiger partial charge in [-0.25, -0.2) is 4.79 Å². The number of hydrogen-bond donors (Lipinski definition) is 1. The minimum atomic E-state index is -0.352.